The highest BCUT2D eigenvalue weighted by Crippen LogP contribution is 2.14. The van der Waals surface area contributed by atoms with Crippen LogP contribution in [0.25, 0.3) is 0 Å². The zero-order valence-corrected chi connectivity index (χ0v) is 10.6. The second-order valence-corrected chi connectivity index (χ2v) is 4.55. The number of halogens is 1. The predicted molar refractivity (Wildman–Crippen MR) is 60.0 cm³/mol. The van der Waals surface area contributed by atoms with Crippen molar-refractivity contribution in [2.24, 2.45) is 0 Å². The van der Waals surface area contributed by atoms with Gasteiger partial charge in [-0.3, -0.25) is 9.48 Å². The Morgan fingerprint density at radius 1 is 1.13 bits per heavy atom. The van der Waals surface area contributed by atoms with E-state index in [1.54, 1.807) is 5.84 Å². The van der Waals surface area contributed by atoms with Gasteiger partial charge < -0.3 is 12.4 Å². The maximum Gasteiger partial charge on any atom is 0.246 e. The van der Waals surface area contributed by atoms with Gasteiger partial charge >= 0.3 is 0 Å². The first-order chi connectivity index (χ1) is 6.92. The molecule has 0 atom stereocenters. The molecule has 0 bridgehead atoms. The highest BCUT2D eigenvalue weighted by Gasteiger charge is 2.27. The molecule has 2 aliphatic heterocycles. The third kappa shape index (κ3) is 3.10. The quantitative estimate of drug-likeness (QED) is 0.557. The topological polar surface area (TPSA) is 6.25 Å². The smallest absolute Gasteiger partial charge is 0.246 e. The molecule has 0 aromatic heterocycles. The van der Waals surface area contributed by atoms with Crippen LogP contribution in [0.2, 0.25) is 0 Å². The number of nitrogens with zero attached hydrogens (tertiary/aromatic N) is 2. The highest BCUT2D eigenvalue weighted by molar-refractivity contribution is 5.77. The minimum absolute atomic E-state index is 0. The lowest BCUT2D eigenvalue weighted by molar-refractivity contribution is -0.539. The lowest BCUT2D eigenvalue weighted by Crippen LogP contribution is -3.00. The first-order valence-corrected chi connectivity index (χ1v) is 6.27. The van der Waals surface area contributed by atoms with Crippen molar-refractivity contribution in [3.8, 4) is 0 Å². The standard InChI is InChI=1S/C12H23N2.ClH/c1-2-8-13-10-6-11-14-9-5-3-4-7-12(13)14;/h2-11H2,1H3;1H/q+1;/p-1. The summed E-state index contributed by atoms with van der Waals surface area (Å²) in [6, 6.07) is 0. The third-order valence-electron chi connectivity index (χ3n) is 3.41. The molecular weight excluding hydrogens is 208 g/mol. The molecule has 2 rings (SSSR count). The van der Waals surface area contributed by atoms with Crippen LogP contribution in [0, 0.1) is 0 Å². The largest absolute Gasteiger partial charge is 1.00 e. The van der Waals surface area contributed by atoms with Crippen molar-refractivity contribution >= 4 is 5.84 Å². The van der Waals surface area contributed by atoms with Crippen molar-refractivity contribution < 1.29 is 17.0 Å². The van der Waals surface area contributed by atoms with Gasteiger partial charge in [0.1, 0.15) is 0 Å². The van der Waals surface area contributed by atoms with Gasteiger partial charge in [0.05, 0.1) is 26.2 Å². The van der Waals surface area contributed by atoms with E-state index in [2.05, 4.69) is 16.4 Å². The summed E-state index contributed by atoms with van der Waals surface area (Å²) in [5.41, 5.74) is 0. The molecule has 0 amide bonds. The minimum atomic E-state index is 0. The maximum absolute atomic E-state index is 2.64. The summed E-state index contributed by atoms with van der Waals surface area (Å²) in [7, 11) is 0. The fourth-order valence-corrected chi connectivity index (χ4v) is 2.74. The van der Waals surface area contributed by atoms with Crippen LogP contribution in [0.15, 0.2) is 0 Å². The molecule has 15 heavy (non-hydrogen) atoms. The first kappa shape index (κ1) is 12.8. The van der Waals surface area contributed by atoms with Crippen LogP contribution in [0.5, 0.6) is 0 Å². The number of rotatable bonds is 2. The van der Waals surface area contributed by atoms with E-state index >= 15 is 0 Å². The van der Waals surface area contributed by atoms with E-state index in [1.807, 2.05) is 0 Å². The molecule has 2 heterocycles. The van der Waals surface area contributed by atoms with E-state index in [-0.39, 0.29) is 12.4 Å². The molecule has 0 spiro atoms. The summed E-state index contributed by atoms with van der Waals surface area (Å²) in [5.74, 6) is 1.66. The molecule has 88 valence electrons. The summed E-state index contributed by atoms with van der Waals surface area (Å²) >= 11 is 0. The molecule has 0 fully saturated rings. The molecule has 0 aromatic carbocycles. The SMILES string of the molecule is CCCN1CCC[N+]2=C1CCCCC2.[Cl-]. The van der Waals surface area contributed by atoms with Crippen molar-refractivity contribution in [3.63, 3.8) is 0 Å². The Kier molecular flexibility index (Phi) is 5.44. The Morgan fingerprint density at radius 3 is 2.73 bits per heavy atom. The van der Waals surface area contributed by atoms with Crippen LogP contribution in [0.4, 0.5) is 0 Å². The Morgan fingerprint density at radius 2 is 1.93 bits per heavy atom. The number of hydrogen-bond donors (Lipinski definition) is 0. The second-order valence-electron chi connectivity index (χ2n) is 4.55. The van der Waals surface area contributed by atoms with Crippen LogP contribution in [-0.2, 0) is 0 Å². The zero-order valence-electron chi connectivity index (χ0n) is 9.84. The van der Waals surface area contributed by atoms with E-state index < -0.39 is 0 Å². The molecule has 2 aliphatic rings. The average Bonchev–Trinajstić information content (AvgIpc) is 2.44. The maximum atomic E-state index is 2.64. The molecule has 0 unspecified atom stereocenters. The number of hydrogen-bond acceptors (Lipinski definition) is 1. The Hall–Kier alpha value is -0.240. The molecule has 2 nitrogen and oxygen atoms in total. The third-order valence-corrected chi connectivity index (χ3v) is 3.41. The molecule has 0 N–H and O–H groups in total. The number of amidine groups is 1. The van der Waals surface area contributed by atoms with Gasteiger partial charge in [-0.15, -0.1) is 0 Å². The van der Waals surface area contributed by atoms with E-state index in [4.69, 9.17) is 0 Å². The summed E-state index contributed by atoms with van der Waals surface area (Å²) in [6.07, 6.45) is 8.23. The summed E-state index contributed by atoms with van der Waals surface area (Å²) in [4.78, 5) is 2.63. The molecule has 0 radical (unpaired) electrons. The lowest BCUT2D eigenvalue weighted by Gasteiger charge is -2.25. The van der Waals surface area contributed by atoms with Crippen LogP contribution in [0.3, 0.4) is 0 Å². The molecular formula is C12H23ClN2. The predicted octanol–water partition coefficient (Wildman–Crippen LogP) is -0.909. The van der Waals surface area contributed by atoms with Crippen molar-refractivity contribution in [1.82, 2.24) is 4.90 Å². The fourth-order valence-electron chi connectivity index (χ4n) is 2.74. The first-order valence-electron chi connectivity index (χ1n) is 6.27. The van der Waals surface area contributed by atoms with E-state index in [1.165, 1.54) is 64.7 Å². The van der Waals surface area contributed by atoms with Gasteiger partial charge in [-0.1, -0.05) is 6.92 Å². The Labute approximate surface area is 99.8 Å². The minimum Gasteiger partial charge on any atom is -1.00 e. The Balaban J connectivity index is 0.00000112. The normalized spacial score (nSPS) is 21.8. The van der Waals surface area contributed by atoms with Gasteiger partial charge in [-0.05, 0) is 25.7 Å². The van der Waals surface area contributed by atoms with E-state index in [0.717, 1.165) is 0 Å². The summed E-state index contributed by atoms with van der Waals surface area (Å²) in [5, 5.41) is 0. The van der Waals surface area contributed by atoms with Crippen molar-refractivity contribution in [2.45, 2.75) is 45.4 Å². The van der Waals surface area contributed by atoms with E-state index in [0.29, 0.717) is 0 Å². The van der Waals surface area contributed by atoms with Gasteiger partial charge in [0, 0.05) is 12.8 Å². The monoisotopic (exact) mass is 230 g/mol. The van der Waals surface area contributed by atoms with Crippen LogP contribution in [0.1, 0.15) is 45.4 Å². The average molecular weight is 231 g/mol. The van der Waals surface area contributed by atoms with Gasteiger partial charge in [0.15, 0.2) is 0 Å². The van der Waals surface area contributed by atoms with Gasteiger partial charge in [-0.25, -0.2) is 0 Å². The van der Waals surface area contributed by atoms with Crippen molar-refractivity contribution in [1.29, 1.82) is 0 Å². The zero-order chi connectivity index (χ0) is 9.80. The fraction of sp³-hybridized carbons (Fsp3) is 0.917. The highest BCUT2D eigenvalue weighted by atomic mass is 35.5. The molecule has 0 aliphatic carbocycles. The van der Waals surface area contributed by atoms with E-state index in [9.17, 15) is 0 Å². The van der Waals surface area contributed by atoms with Gasteiger partial charge in [0.2, 0.25) is 5.84 Å². The molecule has 0 saturated heterocycles. The van der Waals surface area contributed by atoms with Crippen molar-refractivity contribution in [2.75, 3.05) is 26.2 Å². The Bertz CT molecular complexity index is 226. The van der Waals surface area contributed by atoms with Gasteiger partial charge in [-0.2, -0.15) is 0 Å². The van der Waals surface area contributed by atoms with Crippen LogP contribution >= 0.6 is 0 Å². The molecule has 0 aromatic rings. The lowest BCUT2D eigenvalue weighted by atomic mass is 10.2. The molecule has 3 heteroatoms. The van der Waals surface area contributed by atoms with Crippen LogP contribution in [-0.4, -0.2) is 41.5 Å². The van der Waals surface area contributed by atoms with Crippen LogP contribution < -0.4 is 12.4 Å². The summed E-state index contributed by atoms with van der Waals surface area (Å²) < 4.78 is 2.64. The summed E-state index contributed by atoms with van der Waals surface area (Å²) in [6.45, 7) is 7.49. The molecule has 0 saturated carbocycles. The van der Waals surface area contributed by atoms with Crippen molar-refractivity contribution in [3.05, 3.63) is 0 Å². The van der Waals surface area contributed by atoms with Gasteiger partial charge in [0.25, 0.3) is 0 Å². The second kappa shape index (κ2) is 6.37.